The maximum absolute atomic E-state index is 13.8. The molecule has 0 saturated carbocycles. The third-order valence-corrected chi connectivity index (χ3v) is 3.55. The van der Waals surface area contributed by atoms with E-state index < -0.39 is 0 Å². The fourth-order valence-corrected chi connectivity index (χ4v) is 2.45. The fraction of sp³-hybridized carbons (Fsp3) is 0.214. The summed E-state index contributed by atoms with van der Waals surface area (Å²) in [6, 6.07) is 8.53. The molecule has 3 N–H and O–H groups in total. The van der Waals surface area contributed by atoms with Crippen molar-refractivity contribution in [2.75, 3.05) is 0 Å². The molecule has 2 aromatic rings. The first-order valence-corrected chi connectivity index (χ1v) is 6.72. The van der Waals surface area contributed by atoms with E-state index in [1.807, 2.05) is 19.1 Å². The molecule has 1 aromatic heterocycles. The van der Waals surface area contributed by atoms with Crippen molar-refractivity contribution in [1.82, 2.24) is 10.4 Å². The Morgan fingerprint density at radius 2 is 2.21 bits per heavy atom. The first-order valence-electron chi connectivity index (χ1n) is 5.93. The number of aryl methyl sites for hydroxylation is 1. The van der Waals surface area contributed by atoms with Crippen LogP contribution in [0.1, 0.15) is 22.9 Å². The van der Waals surface area contributed by atoms with E-state index in [9.17, 15) is 4.39 Å². The van der Waals surface area contributed by atoms with Crippen LogP contribution in [-0.2, 0) is 6.42 Å². The van der Waals surface area contributed by atoms with Crippen molar-refractivity contribution in [2.24, 2.45) is 5.84 Å². The molecule has 0 saturated heterocycles. The second-order valence-corrected chi connectivity index (χ2v) is 5.25. The van der Waals surface area contributed by atoms with Gasteiger partial charge in [0.15, 0.2) is 0 Å². The Balaban J connectivity index is 2.29. The Kier molecular flexibility index (Phi) is 4.63. The van der Waals surface area contributed by atoms with E-state index in [0.717, 1.165) is 15.7 Å². The third kappa shape index (κ3) is 3.37. The maximum Gasteiger partial charge on any atom is 0.126 e. The van der Waals surface area contributed by atoms with Gasteiger partial charge < -0.3 is 0 Å². The SMILES string of the molecule is Cc1ncccc1C(Cc1cc(Br)ccc1F)NN. The van der Waals surface area contributed by atoms with Crippen molar-refractivity contribution in [2.45, 2.75) is 19.4 Å². The predicted octanol–water partition coefficient (Wildman–Crippen LogP) is 3.04. The molecular weight excluding hydrogens is 309 g/mol. The first kappa shape index (κ1) is 14.1. The lowest BCUT2D eigenvalue weighted by atomic mass is 9.98. The molecule has 2 rings (SSSR count). The standard InChI is InChI=1S/C14H15BrFN3/c1-9-12(3-2-6-18-9)14(19-17)8-10-7-11(15)4-5-13(10)16/h2-7,14,19H,8,17H2,1H3. The van der Waals surface area contributed by atoms with Crippen molar-refractivity contribution in [3.05, 3.63) is 63.6 Å². The summed E-state index contributed by atoms with van der Waals surface area (Å²) in [5.74, 6) is 5.37. The molecule has 5 heteroatoms. The largest absolute Gasteiger partial charge is 0.271 e. The second kappa shape index (κ2) is 6.23. The van der Waals surface area contributed by atoms with Gasteiger partial charge in [-0.2, -0.15) is 0 Å². The van der Waals surface area contributed by atoms with E-state index in [0.29, 0.717) is 12.0 Å². The first-order chi connectivity index (χ1) is 9.11. The topological polar surface area (TPSA) is 50.9 Å². The van der Waals surface area contributed by atoms with Gasteiger partial charge in [-0.25, -0.2) is 4.39 Å². The zero-order valence-electron chi connectivity index (χ0n) is 10.5. The van der Waals surface area contributed by atoms with Crippen LogP contribution in [0.25, 0.3) is 0 Å². The molecule has 0 spiro atoms. The fourth-order valence-electron chi connectivity index (χ4n) is 2.04. The van der Waals surface area contributed by atoms with E-state index in [1.54, 1.807) is 18.3 Å². The summed E-state index contributed by atoms with van der Waals surface area (Å²) < 4.78 is 14.6. The van der Waals surface area contributed by atoms with Gasteiger partial charge in [0.05, 0.1) is 6.04 Å². The van der Waals surface area contributed by atoms with Crippen LogP contribution in [0.2, 0.25) is 0 Å². The summed E-state index contributed by atoms with van der Waals surface area (Å²) in [7, 11) is 0. The number of hydrogen-bond acceptors (Lipinski definition) is 3. The predicted molar refractivity (Wildman–Crippen MR) is 76.8 cm³/mol. The number of nitrogens with two attached hydrogens (primary N) is 1. The average Bonchev–Trinajstić information content (AvgIpc) is 2.41. The molecule has 0 fully saturated rings. The maximum atomic E-state index is 13.8. The number of hydrazine groups is 1. The lowest BCUT2D eigenvalue weighted by molar-refractivity contribution is 0.525. The number of hydrogen-bond donors (Lipinski definition) is 2. The summed E-state index contributed by atoms with van der Waals surface area (Å²) in [6.45, 7) is 1.91. The highest BCUT2D eigenvalue weighted by Crippen LogP contribution is 2.23. The van der Waals surface area contributed by atoms with Crippen molar-refractivity contribution in [3.8, 4) is 0 Å². The van der Waals surface area contributed by atoms with Crippen LogP contribution in [0.5, 0.6) is 0 Å². The number of halogens is 2. The molecule has 1 atom stereocenters. The van der Waals surface area contributed by atoms with Gasteiger partial charge in [-0.05, 0) is 48.7 Å². The average molecular weight is 324 g/mol. The van der Waals surface area contributed by atoms with Crippen LogP contribution in [0.3, 0.4) is 0 Å². The molecule has 19 heavy (non-hydrogen) atoms. The normalized spacial score (nSPS) is 12.4. The number of benzene rings is 1. The van der Waals surface area contributed by atoms with Crippen LogP contribution in [0, 0.1) is 12.7 Å². The zero-order valence-corrected chi connectivity index (χ0v) is 12.1. The Bertz CT molecular complexity index is 574. The van der Waals surface area contributed by atoms with Gasteiger partial charge in [-0.15, -0.1) is 0 Å². The summed E-state index contributed by atoms with van der Waals surface area (Å²) in [4.78, 5) is 4.23. The molecule has 0 aliphatic heterocycles. The van der Waals surface area contributed by atoms with Crippen LogP contribution in [-0.4, -0.2) is 4.98 Å². The minimum absolute atomic E-state index is 0.169. The third-order valence-electron chi connectivity index (χ3n) is 3.06. The highest BCUT2D eigenvalue weighted by atomic mass is 79.9. The quantitative estimate of drug-likeness (QED) is 0.671. The summed E-state index contributed by atoms with van der Waals surface area (Å²) in [6.07, 6.45) is 2.19. The highest BCUT2D eigenvalue weighted by Gasteiger charge is 2.15. The van der Waals surface area contributed by atoms with Gasteiger partial charge in [0.2, 0.25) is 0 Å². The van der Waals surface area contributed by atoms with Crippen LogP contribution < -0.4 is 11.3 Å². The molecule has 0 bridgehead atoms. The number of nitrogens with one attached hydrogen (secondary N) is 1. The van der Waals surface area contributed by atoms with Gasteiger partial charge in [0, 0.05) is 16.4 Å². The molecule has 0 amide bonds. The highest BCUT2D eigenvalue weighted by molar-refractivity contribution is 9.10. The Labute approximate surface area is 120 Å². The molecule has 0 aliphatic carbocycles. The Morgan fingerprint density at radius 3 is 2.89 bits per heavy atom. The minimum atomic E-state index is -0.231. The van der Waals surface area contributed by atoms with E-state index >= 15 is 0 Å². The van der Waals surface area contributed by atoms with Crippen LogP contribution in [0.4, 0.5) is 4.39 Å². The summed E-state index contributed by atoms with van der Waals surface area (Å²) >= 11 is 3.35. The lowest BCUT2D eigenvalue weighted by Crippen LogP contribution is -2.30. The monoisotopic (exact) mass is 323 g/mol. The van der Waals surface area contributed by atoms with Crippen molar-refractivity contribution in [1.29, 1.82) is 0 Å². The molecule has 100 valence electrons. The second-order valence-electron chi connectivity index (χ2n) is 4.34. The van der Waals surface area contributed by atoms with E-state index in [4.69, 9.17) is 5.84 Å². The van der Waals surface area contributed by atoms with Crippen LogP contribution >= 0.6 is 15.9 Å². The lowest BCUT2D eigenvalue weighted by Gasteiger charge is -2.18. The van der Waals surface area contributed by atoms with Gasteiger partial charge in [0.1, 0.15) is 5.82 Å². The van der Waals surface area contributed by atoms with E-state index in [-0.39, 0.29) is 11.9 Å². The van der Waals surface area contributed by atoms with Gasteiger partial charge >= 0.3 is 0 Å². The van der Waals surface area contributed by atoms with E-state index in [1.165, 1.54) is 6.07 Å². The minimum Gasteiger partial charge on any atom is -0.271 e. The number of pyridine rings is 1. The number of rotatable bonds is 4. The number of nitrogens with zero attached hydrogens (tertiary/aromatic N) is 1. The molecular formula is C14H15BrFN3. The van der Waals surface area contributed by atoms with E-state index in [2.05, 4.69) is 26.3 Å². The van der Waals surface area contributed by atoms with Crippen LogP contribution in [0.15, 0.2) is 41.0 Å². The Morgan fingerprint density at radius 1 is 1.42 bits per heavy atom. The van der Waals surface area contributed by atoms with Gasteiger partial charge in [-0.3, -0.25) is 16.3 Å². The number of aromatic nitrogens is 1. The zero-order chi connectivity index (χ0) is 13.8. The summed E-state index contributed by atoms with van der Waals surface area (Å²) in [5.41, 5.74) is 5.21. The van der Waals surface area contributed by atoms with Crippen molar-refractivity contribution >= 4 is 15.9 Å². The molecule has 1 aromatic carbocycles. The molecule has 0 aliphatic rings. The molecule has 1 unspecified atom stereocenters. The summed E-state index contributed by atoms with van der Waals surface area (Å²) in [5, 5.41) is 0. The van der Waals surface area contributed by atoms with Crippen molar-refractivity contribution < 1.29 is 4.39 Å². The Hall–Kier alpha value is -1.30. The van der Waals surface area contributed by atoms with Crippen molar-refractivity contribution in [3.63, 3.8) is 0 Å². The molecule has 0 radical (unpaired) electrons. The smallest absolute Gasteiger partial charge is 0.126 e. The molecule has 3 nitrogen and oxygen atoms in total. The molecule has 1 heterocycles. The van der Waals surface area contributed by atoms with Gasteiger partial charge in [-0.1, -0.05) is 22.0 Å². The van der Waals surface area contributed by atoms with Gasteiger partial charge in [0.25, 0.3) is 0 Å².